The van der Waals surface area contributed by atoms with E-state index in [1.54, 1.807) is 25.1 Å². The molecule has 0 saturated carbocycles. The molecule has 0 heterocycles. The minimum atomic E-state index is -3.42. The fourth-order valence-corrected chi connectivity index (χ4v) is 3.44. The third kappa shape index (κ3) is 4.90. The van der Waals surface area contributed by atoms with Crippen LogP contribution in [0.2, 0.25) is 0 Å². The van der Waals surface area contributed by atoms with Crippen molar-refractivity contribution in [1.29, 1.82) is 5.41 Å². The Morgan fingerprint density at radius 2 is 1.95 bits per heavy atom. The SMILES string of the molecule is Cc1ccc(C(=N)N)cc1NS(=O)(=O)CC(C)(C)C. The van der Waals surface area contributed by atoms with Gasteiger partial charge >= 0.3 is 0 Å². The van der Waals surface area contributed by atoms with E-state index in [-0.39, 0.29) is 17.0 Å². The first-order chi connectivity index (χ1) is 8.50. The Hall–Kier alpha value is -1.56. The lowest BCUT2D eigenvalue weighted by molar-refractivity contribution is 0.463. The summed E-state index contributed by atoms with van der Waals surface area (Å²) in [6.45, 7) is 7.40. The van der Waals surface area contributed by atoms with Crippen LogP contribution >= 0.6 is 0 Å². The minimum absolute atomic E-state index is 0.0315. The first kappa shape index (κ1) is 15.5. The Balaban J connectivity index is 3.05. The van der Waals surface area contributed by atoms with Gasteiger partial charge in [-0.15, -0.1) is 0 Å². The van der Waals surface area contributed by atoms with Gasteiger partial charge in [0.1, 0.15) is 5.84 Å². The van der Waals surface area contributed by atoms with Crippen molar-refractivity contribution in [3.05, 3.63) is 29.3 Å². The van der Waals surface area contributed by atoms with Crippen molar-refractivity contribution in [3.8, 4) is 0 Å². The summed E-state index contributed by atoms with van der Waals surface area (Å²) in [6, 6.07) is 5.02. The topological polar surface area (TPSA) is 96.0 Å². The van der Waals surface area contributed by atoms with Gasteiger partial charge in [0.2, 0.25) is 10.0 Å². The van der Waals surface area contributed by atoms with Crippen LogP contribution in [0.5, 0.6) is 0 Å². The molecular weight excluding hydrogens is 262 g/mol. The maximum Gasteiger partial charge on any atom is 0.233 e. The summed E-state index contributed by atoms with van der Waals surface area (Å²) in [7, 11) is -3.42. The number of hydrogen-bond acceptors (Lipinski definition) is 3. The second-order valence-electron chi connectivity index (χ2n) is 5.87. The zero-order valence-electron chi connectivity index (χ0n) is 11.7. The van der Waals surface area contributed by atoms with Crippen molar-refractivity contribution in [3.63, 3.8) is 0 Å². The average molecular weight is 283 g/mol. The molecule has 0 aliphatic carbocycles. The monoisotopic (exact) mass is 283 g/mol. The smallest absolute Gasteiger partial charge is 0.233 e. The van der Waals surface area contributed by atoms with Crippen molar-refractivity contribution < 1.29 is 8.42 Å². The number of nitrogens with one attached hydrogen (secondary N) is 2. The molecule has 0 bridgehead atoms. The third-order valence-corrected chi connectivity index (χ3v) is 4.21. The fraction of sp³-hybridized carbons (Fsp3) is 0.462. The highest BCUT2D eigenvalue weighted by atomic mass is 32.2. The molecule has 0 amide bonds. The lowest BCUT2D eigenvalue weighted by atomic mass is 10.0. The van der Waals surface area contributed by atoms with Crippen LogP contribution in [0.25, 0.3) is 0 Å². The molecule has 1 aromatic carbocycles. The van der Waals surface area contributed by atoms with Gasteiger partial charge in [-0.25, -0.2) is 8.42 Å². The van der Waals surface area contributed by atoms with Gasteiger partial charge < -0.3 is 5.73 Å². The maximum absolute atomic E-state index is 12.1. The Morgan fingerprint density at radius 3 is 2.42 bits per heavy atom. The molecule has 5 nitrogen and oxygen atoms in total. The number of rotatable bonds is 4. The van der Waals surface area contributed by atoms with Crippen LogP contribution in [0.4, 0.5) is 5.69 Å². The molecule has 0 fully saturated rings. The molecule has 0 atom stereocenters. The molecule has 0 spiro atoms. The number of sulfonamides is 1. The van der Waals surface area contributed by atoms with E-state index in [0.717, 1.165) is 5.56 Å². The molecule has 0 radical (unpaired) electrons. The van der Waals surface area contributed by atoms with Crippen LogP contribution in [0.3, 0.4) is 0 Å². The van der Waals surface area contributed by atoms with E-state index in [1.165, 1.54) is 0 Å². The van der Waals surface area contributed by atoms with Crippen molar-refractivity contribution in [2.24, 2.45) is 11.1 Å². The van der Waals surface area contributed by atoms with E-state index in [1.807, 2.05) is 20.8 Å². The van der Waals surface area contributed by atoms with Crippen molar-refractivity contribution in [2.45, 2.75) is 27.7 Å². The lowest BCUT2D eigenvalue weighted by Gasteiger charge is -2.19. The molecule has 106 valence electrons. The van der Waals surface area contributed by atoms with Gasteiger partial charge in [0, 0.05) is 5.56 Å². The Morgan fingerprint density at radius 1 is 1.37 bits per heavy atom. The van der Waals surface area contributed by atoms with Gasteiger partial charge in [-0.2, -0.15) is 0 Å². The first-order valence-electron chi connectivity index (χ1n) is 5.96. The van der Waals surface area contributed by atoms with Gasteiger partial charge in [-0.3, -0.25) is 10.1 Å². The van der Waals surface area contributed by atoms with Crippen LogP contribution in [0.1, 0.15) is 31.9 Å². The second kappa shape index (κ2) is 5.21. The first-order valence-corrected chi connectivity index (χ1v) is 7.61. The van der Waals surface area contributed by atoms with Crippen molar-refractivity contribution in [2.75, 3.05) is 10.5 Å². The van der Waals surface area contributed by atoms with Crippen LogP contribution in [-0.4, -0.2) is 20.0 Å². The molecule has 0 aromatic heterocycles. The van der Waals surface area contributed by atoms with Gasteiger partial charge in [-0.05, 0) is 24.0 Å². The summed E-state index contributed by atoms with van der Waals surface area (Å²) in [5.41, 5.74) is 6.85. The van der Waals surface area contributed by atoms with E-state index in [2.05, 4.69) is 4.72 Å². The molecule has 6 heteroatoms. The zero-order valence-corrected chi connectivity index (χ0v) is 12.6. The van der Waals surface area contributed by atoms with Crippen LogP contribution < -0.4 is 10.5 Å². The number of anilines is 1. The van der Waals surface area contributed by atoms with E-state index >= 15 is 0 Å². The Kier molecular flexibility index (Phi) is 4.25. The number of nitrogens with two attached hydrogens (primary N) is 1. The van der Waals surface area contributed by atoms with E-state index in [4.69, 9.17) is 11.1 Å². The molecule has 0 aliphatic rings. The summed E-state index contributed by atoms with van der Waals surface area (Å²) >= 11 is 0. The molecular formula is C13H21N3O2S. The number of amidine groups is 1. The molecule has 0 saturated heterocycles. The van der Waals surface area contributed by atoms with Crippen LogP contribution in [0.15, 0.2) is 18.2 Å². The predicted octanol–water partition coefficient (Wildman–Crippen LogP) is 2.07. The highest BCUT2D eigenvalue weighted by molar-refractivity contribution is 7.92. The molecule has 0 unspecified atom stereocenters. The fourth-order valence-electron chi connectivity index (χ4n) is 1.67. The van der Waals surface area contributed by atoms with Gasteiger partial charge in [0.15, 0.2) is 0 Å². The summed E-state index contributed by atoms with van der Waals surface area (Å²) < 4.78 is 26.7. The summed E-state index contributed by atoms with van der Waals surface area (Å²) in [6.07, 6.45) is 0. The number of aryl methyl sites for hydroxylation is 1. The van der Waals surface area contributed by atoms with E-state index in [0.29, 0.717) is 11.3 Å². The number of nitrogen functional groups attached to an aromatic ring is 1. The lowest BCUT2D eigenvalue weighted by Crippen LogP contribution is -2.26. The summed E-state index contributed by atoms with van der Waals surface area (Å²) in [5.74, 6) is -0.0553. The maximum atomic E-state index is 12.1. The summed E-state index contributed by atoms with van der Waals surface area (Å²) in [5, 5.41) is 7.38. The Bertz CT molecular complexity index is 586. The van der Waals surface area contributed by atoms with Crippen LogP contribution in [0, 0.1) is 17.7 Å². The molecule has 4 N–H and O–H groups in total. The second-order valence-corrected chi connectivity index (χ2v) is 7.59. The van der Waals surface area contributed by atoms with Crippen molar-refractivity contribution >= 4 is 21.5 Å². The highest BCUT2D eigenvalue weighted by Gasteiger charge is 2.22. The highest BCUT2D eigenvalue weighted by Crippen LogP contribution is 2.21. The van der Waals surface area contributed by atoms with Gasteiger partial charge in [-0.1, -0.05) is 32.9 Å². The number of benzene rings is 1. The van der Waals surface area contributed by atoms with Crippen molar-refractivity contribution in [1.82, 2.24) is 0 Å². The largest absolute Gasteiger partial charge is 0.384 e. The number of hydrogen-bond donors (Lipinski definition) is 3. The van der Waals surface area contributed by atoms with Crippen LogP contribution in [-0.2, 0) is 10.0 Å². The zero-order chi connectivity index (χ0) is 14.8. The normalized spacial score (nSPS) is 12.2. The Labute approximate surface area is 114 Å². The third-order valence-electron chi connectivity index (χ3n) is 2.44. The predicted molar refractivity (Wildman–Crippen MR) is 79.1 cm³/mol. The molecule has 1 rings (SSSR count). The molecule has 0 aliphatic heterocycles. The minimum Gasteiger partial charge on any atom is -0.384 e. The van der Waals surface area contributed by atoms with E-state index in [9.17, 15) is 8.42 Å². The molecule has 19 heavy (non-hydrogen) atoms. The molecule has 1 aromatic rings. The van der Waals surface area contributed by atoms with Gasteiger partial charge in [0.25, 0.3) is 0 Å². The van der Waals surface area contributed by atoms with E-state index < -0.39 is 10.0 Å². The van der Waals surface area contributed by atoms with Gasteiger partial charge in [0.05, 0.1) is 11.4 Å². The standard InChI is InChI=1S/C13H21N3O2S/c1-9-5-6-10(12(14)15)7-11(9)16-19(17,18)8-13(2,3)4/h5-7,16H,8H2,1-4H3,(H3,14,15). The summed E-state index contributed by atoms with van der Waals surface area (Å²) in [4.78, 5) is 0. The quantitative estimate of drug-likeness (QED) is 0.583. The average Bonchev–Trinajstić information content (AvgIpc) is 2.16.